The summed E-state index contributed by atoms with van der Waals surface area (Å²) in [4.78, 5) is 24.5. The molecule has 7 heteroatoms. The molecule has 104 valence electrons. The van der Waals surface area contributed by atoms with E-state index < -0.39 is 11.6 Å². The van der Waals surface area contributed by atoms with Crippen LogP contribution in [0.4, 0.5) is 9.59 Å². The van der Waals surface area contributed by atoms with Crippen LogP contribution in [0.5, 0.6) is 0 Å². The molecule has 0 saturated carbocycles. The number of amides is 3. The molecule has 0 aromatic heterocycles. The third-order valence-electron chi connectivity index (χ3n) is 2.61. The molecule has 0 spiro atoms. The van der Waals surface area contributed by atoms with Gasteiger partial charge in [-0.25, -0.2) is 15.4 Å². The molecule has 0 aromatic rings. The number of urea groups is 1. The molecule has 0 aliphatic carbocycles. The Morgan fingerprint density at radius 3 is 2.28 bits per heavy atom. The van der Waals surface area contributed by atoms with E-state index >= 15 is 0 Å². The summed E-state index contributed by atoms with van der Waals surface area (Å²) in [5.74, 6) is 4.99. The van der Waals surface area contributed by atoms with Gasteiger partial charge in [0, 0.05) is 19.1 Å². The second-order valence-corrected chi connectivity index (χ2v) is 5.36. The maximum Gasteiger partial charge on any atom is 0.410 e. The Labute approximate surface area is 107 Å². The monoisotopic (exact) mass is 258 g/mol. The van der Waals surface area contributed by atoms with E-state index in [0.717, 1.165) is 0 Å². The van der Waals surface area contributed by atoms with Crippen LogP contribution in [0.3, 0.4) is 0 Å². The number of carbonyl (C=O) groups is 2. The van der Waals surface area contributed by atoms with Gasteiger partial charge in [0.2, 0.25) is 0 Å². The van der Waals surface area contributed by atoms with Gasteiger partial charge < -0.3 is 15.0 Å². The average Bonchev–Trinajstić information content (AvgIpc) is 2.27. The SMILES string of the molecule is CC(C)(C)OC(=O)N1CCC(NC(=O)NN)CC1. The Kier molecular flexibility index (Phi) is 4.77. The smallest absolute Gasteiger partial charge is 0.410 e. The molecule has 0 unspecified atom stereocenters. The third-order valence-corrected chi connectivity index (χ3v) is 2.61. The van der Waals surface area contributed by atoms with Crippen molar-refractivity contribution in [1.82, 2.24) is 15.6 Å². The van der Waals surface area contributed by atoms with E-state index in [2.05, 4.69) is 5.32 Å². The quantitative estimate of drug-likeness (QED) is 0.364. The van der Waals surface area contributed by atoms with Gasteiger partial charge >= 0.3 is 12.1 Å². The highest BCUT2D eigenvalue weighted by atomic mass is 16.6. The van der Waals surface area contributed by atoms with Gasteiger partial charge in [-0.15, -0.1) is 0 Å². The molecule has 1 fully saturated rings. The van der Waals surface area contributed by atoms with E-state index in [1.54, 1.807) is 4.90 Å². The standard InChI is InChI=1S/C11H22N4O3/c1-11(2,3)18-10(17)15-6-4-8(5-7-15)13-9(16)14-12/h8H,4-7,12H2,1-3H3,(H2,13,14,16). The van der Waals surface area contributed by atoms with E-state index in [1.165, 1.54) is 0 Å². The van der Waals surface area contributed by atoms with Crippen molar-refractivity contribution in [3.05, 3.63) is 0 Å². The summed E-state index contributed by atoms with van der Waals surface area (Å²) in [5, 5.41) is 2.72. The molecule has 3 amide bonds. The first-order valence-electron chi connectivity index (χ1n) is 6.07. The maximum absolute atomic E-state index is 11.8. The number of nitrogens with one attached hydrogen (secondary N) is 2. The number of nitrogens with zero attached hydrogens (tertiary/aromatic N) is 1. The fraction of sp³-hybridized carbons (Fsp3) is 0.818. The summed E-state index contributed by atoms with van der Waals surface area (Å²) in [7, 11) is 0. The number of carbonyl (C=O) groups excluding carboxylic acids is 2. The highest BCUT2D eigenvalue weighted by Gasteiger charge is 2.27. The number of nitrogens with two attached hydrogens (primary N) is 1. The lowest BCUT2D eigenvalue weighted by Crippen LogP contribution is -2.51. The summed E-state index contributed by atoms with van der Waals surface area (Å²) < 4.78 is 5.28. The van der Waals surface area contributed by atoms with Gasteiger partial charge in [-0.2, -0.15) is 0 Å². The van der Waals surface area contributed by atoms with Gasteiger partial charge in [0.25, 0.3) is 0 Å². The predicted molar refractivity (Wildman–Crippen MR) is 66.7 cm³/mol. The van der Waals surface area contributed by atoms with Crippen LogP contribution in [0.1, 0.15) is 33.6 Å². The number of piperidine rings is 1. The molecule has 1 saturated heterocycles. The molecule has 0 atom stereocenters. The Bertz CT molecular complexity index is 306. The molecular formula is C11H22N4O3. The van der Waals surface area contributed by atoms with Crippen molar-refractivity contribution in [2.75, 3.05) is 13.1 Å². The summed E-state index contributed by atoms with van der Waals surface area (Å²) in [6.45, 7) is 6.66. The molecule has 18 heavy (non-hydrogen) atoms. The number of hydrazine groups is 1. The van der Waals surface area contributed by atoms with E-state index in [1.807, 2.05) is 26.2 Å². The number of hydrogen-bond donors (Lipinski definition) is 3. The van der Waals surface area contributed by atoms with Gasteiger partial charge in [-0.05, 0) is 33.6 Å². The molecule has 1 rings (SSSR count). The van der Waals surface area contributed by atoms with Crippen molar-refractivity contribution in [1.29, 1.82) is 0 Å². The molecule has 0 bridgehead atoms. The van der Waals surface area contributed by atoms with Crippen LogP contribution in [-0.4, -0.2) is 41.8 Å². The van der Waals surface area contributed by atoms with Crippen LogP contribution in [-0.2, 0) is 4.74 Å². The molecule has 1 aliphatic rings. The highest BCUT2D eigenvalue weighted by molar-refractivity contribution is 5.73. The zero-order chi connectivity index (χ0) is 13.8. The van der Waals surface area contributed by atoms with Crippen LogP contribution in [0.2, 0.25) is 0 Å². The molecule has 4 N–H and O–H groups in total. The minimum Gasteiger partial charge on any atom is -0.444 e. The predicted octanol–water partition coefficient (Wildman–Crippen LogP) is 0.559. The first kappa shape index (κ1) is 14.6. The van der Waals surface area contributed by atoms with Crippen molar-refractivity contribution < 1.29 is 14.3 Å². The average molecular weight is 258 g/mol. The Balaban J connectivity index is 2.35. The lowest BCUT2D eigenvalue weighted by atomic mass is 10.1. The number of likely N-dealkylation sites (tertiary alicyclic amines) is 1. The first-order chi connectivity index (χ1) is 8.31. The van der Waals surface area contributed by atoms with Crippen LogP contribution in [0, 0.1) is 0 Å². The fourth-order valence-corrected chi connectivity index (χ4v) is 1.76. The van der Waals surface area contributed by atoms with Crippen LogP contribution in [0.25, 0.3) is 0 Å². The van der Waals surface area contributed by atoms with Crippen LogP contribution >= 0.6 is 0 Å². The summed E-state index contributed by atoms with van der Waals surface area (Å²) >= 11 is 0. The molecule has 7 nitrogen and oxygen atoms in total. The Morgan fingerprint density at radius 1 is 1.28 bits per heavy atom. The van der Waals surface area contributed by atoms with E-state index in [9.17, 15) is 9.59 Å². The van der Waals surface area contributed by atoms with Gasteiger partial charge in [-0.3, -0.25) is 5.43 Å². The fourth-order valence-electron chi connectivity index (χ4n) is 1.76. The maximum atomic E-state index is 11.8. The van der Waals surface area contributed by atoms with Crippen LogP contribution in [0.15, 0.2) is 0 Å². The van der Waals surface area contributed by atoms with Crippen molar-refractivity contribution in [3.8, 4) is 0 Å². The molecule has 1 aliphatic heterocycles. The van der Waals surface area contributed by atoms with E-state index in [-0.39, 0.29) is 12.1 Å². The third kappa shape index (κ3) is 4.79. The zero-order valence-corrected chi connectivity index (χ0v) is 11.2. The molecule has 0 aromatic carbocycles. The van der Waals surface area contributed by atoms with Gasteiger partial charge in [0.1, 0.15) is 5.60 Å². The normalized spacial score (nSPS) is 17.2. The lowest BCUT2D eigenvalue weighted by molar-refractivity contribution is 0.0201. The van der Waals surface area contributed by atoms with Gasteiger partial charge in [-0.1, -0.05) is 0 Å². The lowest BCUT2D eigenvalue weighted by Gasteiger charge is -2.33. The van der Waals surface area contributed by atoms with E-state index in [4.69, 9.17) is 10.6 Å². The summed E-state index contributed by atoms with van der Waals surface area (Å²) in [5.41, 5.74) is 1.54. The van der Waals surface area contributed by atoms with Crippen molar-refractivity contribution in [3.63, 3.8) is 0 Å². The number of hydrogen-bond acceptors (Lipinski definition) is 4. The second-order valence-electron chi connectivity index (χ2n) is 5.36. The second kappa shape index (κ2) is 5.90. The van der Waals surface area contributed by atoms with E-state index in [0.29, 0.717) is 25.9 Å². The van der Waals surface area contributed by atoms with Gasteiger partial charge in [0.15, 0.2) is 0 Å². The minimum absolute atomic E-state index is 0.0484. The van der Waals surface area contributed by atoms with Crippen LogP contribution < -0.4 is 16.6 Å². The first-order valence-corrected chi connectivity index (χ1v) is 6.07. The number of rotatable bonds is 1. The Hall–Kier alpha value is -1.50. The number of ether oxygens (including phenoxy) is 1. The van der Waals surface area contributed by atoms with Crippen molar-refractivity contribution in [2.24, 2.45) is 5.84 Å². The topological polar surface area (TPSA) is 96.7 Å². The molecule has 1 heterocycles. The molecular weight excluding hydrogens is 236 g/mol. The molecule has 0 radical (unpaired) electrons. The van der Waals surface area contributed by atoms with Crippen molar-refractivity contribution in [2.45, 2.75) is 45.3 Å². The summed E-state index contributed by atoms with van der Waals surface area (Å²) in [6.07, 6.45) is 1.10. The highest BCUT2D eigenvalue weighted by Crippen LogP contribution is 2.15. The minimum atomic E-state index is -0.481. The summed E-state index contributed by atoms with van der Waals surface area (Å²) in [6, 6.07) is -0.349. The largest absolute Gasteiger partial charge is 0.444 e. The zero-order valence-electron chi connectivity index (χ0n) is 11.2. The Morgan fingerprint density at radius 2 is 1.83 bits per heavy atom. The van der Waals surface area contributed by atoms with Crippen molar-refractivity contribution >= 4 is 12.1 Å². The van der Waals surface area contributed by atoms with Gasteiger partial charge in [0.05, 0.1) is 0 Å².